The zero-order valence-electron chi connectivity index (χ0n) is 14.6. The van der Waals surface area contributed by atoms with Crippen molar-refractivity contribution in [1.29, 1.82) is 0 Å². The Morgan fingerprint density at radius 1 is 1.31 bits per heavy atom. The summed E-state index contributed by atoms with van der Waals surface area (Å²) in [6.07, 6.45) is 4.05. The molecule has 0 N–H and O–H groups in total. The van der Waals surface area contributed by atoms with Gasteiger partial charge in [0.05, 0.1) is 4.91 Å². The lowest BCUT2D eigenvalue weighted by atomic mass is 9.99. The van der Waals surface area contributed by atoms with Crippen molar-refractivity contribution in [2.45, 2.75) is 26.2 Å². The molecule has 4 nitrogen and oxygen atoms in total. The van der Waals surface area contributed by atoms with Crippen molar-refractivity contribution in [2.24, 2.45) is 5.92 Å². The number of hydrogen-bond donors (Lipinski definition) is 0. The van der Waals surface area contributed by atoms with E-state index in [0.717, 1.165) is 31.5 Å². The molecule has 2 aliphatic rings. The van der Waals surface area contributed by atoms with Crippen LogP contribution in [0.2, 0.25) is 0 Å². The highest BCUT2D eigenvalue weighted by molar-refractivity contribution is 8.26. The van der Waals surface area contributed by atoms with Gasteiger partial charge in [0.15, 0.2) is 0 Å². The van der Waals surface area contributed by atoms with E-state index in [-0.39, 0.29) is 24.1 Å². The first-order valence-corrected chi connectivity index (χ1v) is 9.95. The number of likely N-dealkylation sites (tertiary alicyclic amines) is 1. The van der Waals surface area contributed by atoms with E-state index in [0.29, 0.717) is 21.7 Å². The second-order valence-corrected chi connectivity index (χ2v) is 8.37. The number of piperidine rings is 1. The van der Waals surface area contributed by atoms with Crippen LogP contribution >= 0.6 is 24.0 Å². The normalized spacial score (nSPS) is 20.3. The monoisotopic (exact) mass is 392 g/mol. The van der Waals surface area contributed by atoms with Gasteiger partial charge in [-0.05, 0) is 42.5 Å². The molecule has 1 aromatic carbocycles. The highest BCUT2D eigenvalue weighted by Crippen LogP contribution is 2.32. The summed E-state index contributed by atoms with van der Waals surface area (Å²) in [5.41, 5.74) is 0.741. The number of benzene rings is 1. The van der Waals surface area contributed by atoms with Gasteiger partial charge in [-0.1, -0.05) is 43.0 Å². The van der Waals surface area contributed by atoms with Crippen LogP contribution in [0.4, 0.5) is 4.39 Å². The van der Waals surface area contributed by atoms with Crippen LogP contribution in [-0.4, -0.2) is 45.6 Å². The lowest BCUT2D eigenvalue weighted by Crippen LogP contribution is -2.40. The van der Waals surface area contributed by atoms with Crippen LogP contribution in [0.25, 0.3) is 6.08 Å². The largest absolute Gasteiger partial charge is 0.343 e. The summed E-state index contributed by atoms with van der Waals surface area (Å²) in [6, 6.07) is 5.93. The van der Waals surface area contributed by atoms with E-state index in [1.807, 2.05) is 4.90 Å². The van der Waals surface area contributed by atoms with E-state index in [9.17, 15) is 14.0 Å². The van der Waals surface area contributed by atoms with E-state index in [4.69, 9.17) is 12.2 Å². The fourth-order valence-corrected chi connectivity index (χ4v) is 4.34. The molecule has 2 aliphatic heterocycles. The summed E-state index contributed by atoms with van der Waals surface area (Å²) >= 11 is 6.52. The first-order chi connectivity index (χ1) is 12.4. The molecule has 0 aliphatic carbocycles. The molecule has 3 rings (SSSR count). The van der Waals surface area contributed by atoms with E-state index in [2.05, 4.69) is 6.92 Å². The molecule has 138 valence electrons. The van der Waals surface area contributed by atoms with Gasteiger partial charge in [0, 0.05) is 26.1 Å². The zero-order chi connectivity index (χ0) is 18.7. The SMILES string of the molecule is CC1CCN(C(=O)CCN2C(=O)/C(=C\c3ccc(F)cc3)SC2=S)CC1. The quantitative estimate of drug-likeness (QED) is 0.579. The van der Waals surface area contributed by atoms with E-state index in [1.165, 1.54) is 28.8 Å². The lowest BCUT2D eigenvalue weighted by Gasteiger charge is -2.30. The predicted molar refractivity (Wildman–Crippen MR) is 106 cm³/mol. The summed E-state index contributed by atoms with van der Waals surface area (Å²) in [7, 11) is 0. The second kappa shape index (κ2) is 8.31. The molecule has 7 heteroatoms. The van der Waals surface area contributed by atoms with Gasteiger partial charge in [0.2, 0.25) is 5.91 Å². The number of carbonyl (C=O) groups excluding carboxylic acids is 2. The van der Waals surface area contributed by atoms with Crippen molar-refractivity contribution in [3.8, 4) is 0 Å². The van der Waals surface area contributed by atoms with Gasteiger partial charge >= 0.3 is 0 Å². The average molecular weight is 393 g/mol. The second-order valence-electron chi connectivity index (χ2n) is 6.70. The van der Waals surface area contributed by atoms with Crippen LogP contribution in [0.15, 0.2) is 29.2 Å². The Labute approximate surface area is 162 Å². The molecule has 2 heterocycles. The molecule has 0 unspecified atom stereocenters. The number of thiocarbonyl (C=S) groups is 1. The Morgan fingerprint density at radius 2 is 1.96 bits per heavy atom. The molecule has 2 amide bonds. The minimum Gasteiger partial charge on any atom is -0.343 e. The highest BCUT2D eigenvalue weighted by atomic mass is 32.2. The fraction of sp³-hybridized carbons (Fsp3) is 0.421. The first-order valence-electron chi connectivity index (χ1n) is 8.73. The minimum absolute atomic E-state index is 0.0773. The maximum absolute atomic E-state index is 13.0. The Balaban J connectivity index is 1.59. The van der Waals surface area contributed by atoms with Gasteiger partial charge in [0.1, 0.15) is 10.1 Å². The molecule has 26 heavy (non-hydrogen) atoms. The molecule has 0 aromatic heterocycles. The molecule has 2 saturated heterocycles. The van der Waals surface area contributed by atoms with Crippen molar-refractivity contribution in [3.05, 3.63) is 40.6 Å². The number of carbonyl (C=O) groups is 2. The lowest BCUT2D eigenvalue weighted by molar-refractivity contribution is -0.133. The maximum Gasteiger partial charge on any atom is 0.266 e. The number of rotatable bonds is 4. The molecule has 0 spiro atoms. The Kier molecular flexibility index (Phi) is 6.09. The van der Waals surface area contributed by atoms with Crippen molar-refractivity contribution < 1.29 is 14.0 Å². The Bertz CT molecular complexity index is 740. The third-order valence-electron chi connectivity index (χ3n) is 4.73. The van der Waals surface area contributed by atoms with Crippen LogP contribution in [0.5, 0.6) is 0 Å². The highest BCUT2D eigenvalue weighted by Gasteiger charge is 2.32. The molecular formula is C19H21FN2O2S2. The van der Waals surface area contributed by atoms with Gasteiger partial charge in [-0.3, -0.25) is 14.5 Å². The number of thioether (sulfide) groups is 1. The summed E-state index contributed by atoms with van der Waals surface area (Å²) in [6.45, 7) is 4.09. The summed E-state index contributed by atoms with van der Waals surface area (Å²) in [5.74, 6) is 0.237. The zero-order valence-corrected chi connectivity index (χ0v) is 16.2. The summed E-state index contributed by atoms with van der Waals surface area (Å²) in [4.78, 5) is 28.8. The van der Waals surface area contributed by atoms with Crippen LogP contribution in [0.1, 0.15) is 31.7 Å². The Morgan fingerprint density at radius 3 is 2.62 bits per heavy atom. The smallest absolute Gasteiger partial charge is 0.266 e. The van der Waals surface area contributed by atoms with Crippen molar-refractivity contribution >= 4 is 46.2 Å². The van der Waals surface area contributed by atoms with Gasteiger partial charge in [-0.25, -0.2) is 4.39 Å². The number of hydrogen-bond acceptors (Lipinski definition) is 4. The number of nitrogens with zero attached hydrogens (tertiary/aromatic N) is 2. The molecule has 0 atom stereocenters. The summed E-state index contributed by atoms with van der Waals surface area (Å²) < 4.78 is 13.5. The predicted octanol–water partition coefficient (Wildman–Crippen LogP) is 3.68. The van der Waals surface area contributed by atoms with E-state index in [1.54, 1.807) is 18.2 Å². The Hall–Kier alpha value is -1.73. The number of amides is 2. The minimum atomic E-state index is -0.319. The molecule has 0 bridgehead atoms. The topological polar surface area (TPSA) is 40.6 Å². The first kappa shape index (κ1) is 19.0. The molecule has 0 radical (unpaired) electrons. The molecule has 0 saturated carbocycles. The summed E-state index contributed by atoms with van der Waals surface area (Å²) in [5, 5.41) is 0. The van der Waals surface area contributed by atoms with Crippen molar-refractivity contribution in [1.82, 2.24) is 9.80 Å². The van der Waals surface area contributed by atoms with Crippen molar-refractivity contribution in [3.63, 3.8) is 0 Å². The standard InChI is InChI=1S/C19H21FN2O2S2/c1-13-6-9-21(10-7-13)17(23)8-11-22-18(24)16(26-19(22)25)12-14-2-4-15(20)5-3-14/h2-5,12-13H,6-11H2,1H3/b16-12+. The van der Waals surface area contributed by atoms with E-state index >= 15 is 0 Å². The molecule has 2 fully saturated rings. The fourth-order valence-electron chi connectivity index (χ4n) is 3.03. The van der Waals surface area contributed by atoms with Crippen LogP contribution in [-0.2, 0) is 9.59 Å². The third-order valence-corrected chi connectivity index (χ3v) is 6.10. The van der Waals surface area contributed by atoms with Gasteiger partial charge in [-0.2, -0.15) is 0 Å². The number of halogens is 1. The average Bonchev–Trinajstić information content (AvgIpc) is 2.89. The van der Waals surface area contributed by atoms with Gasteiger partial charge in [0.25, 0.3) is 5.91 Å². The van der Waals surface area contributed by atoms with Crippen LogP contribution in [0, 0.1) is 11.7 Å². The third kappa shape index (κ3) is 4.51. The van der Waals surface area contributed by atoms with Crippen molar-refractivity contribution in [2.75, 3.05) is 19.6 Å². The molecule has 1 aromatic rings. The van der Waals surface area contributed by atoms with E-state index < -0.39 is 0 Å². The maximum atomic E-state index is 13.0. The molecular weight excluding hydrogens is 371 g/mol. The van der Waals surface area contributed by atoms with Crippen LogP contribution in [0.3, 0.4) is 0 Å². The van der Waals surface area contributed by atoms with Crippen LogP contribution < -0.4 is 0 Å². The van der Waals surface area contributed by atoms with Gasteiger partial charge < -0.3 is 4.90 Å². The van der Waals surface area contributed by atoms with Gasteiger partial charge in [-0.15, -0.1) is 0 Å².